The molecular formula is C25H32O2Si. The van der Waals surface area contributed by atoms with Gasteiger partial charge in [0.15, 0.2) is 0 Å². The Morgan fingerprint density at radius 1 is 1.00 bits per heavy atom. The second-order valence-electron chi connectivity index (χ2n) is 8.80. The second-order valence-corrected chi connectivity index (χ2v) is 13.1. The highest BCUT2D eigenvalue weighted by molar-refractivity contribution is 6.99. The van der Waals surface area contributed by atoms with Crippen LogP contribution in [0.5, 0.6) is 0 Å². The molecule has 0 heterocycles. The molecule has 1 aliphatic rings. The zero-order chi connectivity index (χ0) is 20.4. The van der Waals surface area contributed by atoms with E-state index < -0.39 is 14.4 Å². The highest BCUT2D eigenvalue weighted by atomic mass is 28.4. The Labute approximate surface area is 170 Å². The van der Waals surface area contributed by atoms with E-state index in [1.54, 1.807) is 0 Å². The van der Waals surface area contributed by atoms with Crippen LogP contribution in [0.15, 0.2) is 84.5 Å². The van der Waals surface area contributed by atoms with Crippen LogP contribution in [0.3, 0.4) is 0 Å². The van der Waals surface area contributed by atoms with E-state index >= 15 is 0 Å². The lowest BCUT2D eigenvalue weighted by Gasteiger charge is -2.44. The lowest BCUT2D eigenvalue weighted by atomic mass is 9.84. The average molecular weight is 393 g/mol. The van der Waals surface area contributed by atoms with Crippen molar-refractivity contribution in [3.63, 3.8) is 0 Å². The lowest BCUT2D eigenvalue weighted by Crippen LogP contribution is -2.67. The largest absolute Gasteiger partial charge is 0.406 e. The van der Waals surface area contributed by atoms with Gasteiger partial charge in [-0.15, -0.1) is 0 Å². The third-order valence-electron chi connectivity index (χ3n) is 5.97. The van der Waals surface area contributed by atoms with Gasteiger partial charge in [-0.05, 0) is 34.3 Å². The van der Waals surface area contributed by atoms with Crippen LogP contribution in [0.25, 0.3) is 0 Å². The summed E-state index contributed by atoms with van der Waals surface area (Å²) < 4.78 is 7.02. The Hall–Kier alpha value is -1.94. The molecule has 28 heavy (non-hydrogen) atoms. The summed E-state index contributed by atoms with van der Waals surface area (Å²) in [5.74, 6) is 0.0606. The summed E-state index contributed by atoms with van der Waals surface area (Å²) in [7, 11) is -2.56. The molecule has 0 unspecified atom stereocenters. The summed E-state index contributed by atoms with van der Waals surface area (Å²) in [6, 6.07) is 21.3. The van der Waals surface area contributed by atoms with E-state index in [0.29, 0.717) is 13.0 Å². The molecule has 2 aromatic rings. The molecule has 0 radical (unpaired) electrons. The van der Waals surface area contributed by atoms with Crippen LogP contribution < -0.4 is 10.4 Å². The molecule has 0 aromatic heterocycles. The van der Waals surface area contributed by atoms with Gasteiger partial charge in [-0.25, -0.2) is 0 Å². The van der Waals surface area contributed by atoms with E-state index in [1.807, 2.05) is 0 Å². The number of aliphatic hydroxyl groups excluding tert-OH is 1. The van der Waals surface area contributed by atoms with Gasteiger partial charge in [0.1, 0.15) is 0 Å². The summed E-state index contributed by atoms with van der Waals surface area (Å²) in [5.41, 5.74) is 2.12. The maximum absolute atomic E-state index is 10.3. The van der Waals surface area contributed by atoms with Crippen LogP contribution in [0, 0.1) is 5.92 Å². The van der Waals surface area contributed by atoms with Gasteiger partial charge in [-0.3, -0.25) is 0 Å². The number of hydrogen-bond acceptors (Lipinski definition) is 2. The SMILES string of the molecule is C=C1[C@@H](CO[Si](c2ccccc2)(c2ccccc2)C(C)(C)C)C(C)=CC[C@@H]1O. The third-order valence-corrected chi connectivity index (χ3v) is 11.0. The van der Waals surface area contributed by atoms with Crippen LogP contribution in [0.1, 0.15) is 34.1 Å². The molecule has 3 heteroatoms. The van der Waals surface area contributed by atoms with Crippen molar-refractivity contribution < 1.29 is 9.53 Å². The highest BCUT2D eigenvalue weighted by Gasteiger charge is 2.50. The normalized spacial score (nSPS) is 20.8. The number of rotatable bonds is 5. The highest BCUT2D eigenvalue weighted by Crippen LogP contribution is 2.38. The predicted octanol–water partition coefficient (Wildman–Crippen LogP) is 4.45. The first-order valence-electron chi connectivity index (χ1n) is 10.1. The molecule has 1 N–H and O–H groups in total. The summed E-state index contributed by atoms with van der Waals surface area (Å²) in [5, 5.41) is 12.8. The van der Waals surface area contributed by atoms with Crippen LogP contribution in [0.4, 0.5) is 0 Å². The smallest absolute Gasteiger partial charge is 0.261 e. The zero-order valence-corrected chi connectivity index (χ0v) is 18.5. The molecule has 0 aliphatic heterocycles. The Morgan fingerprint density at radius 2 is 1.50 bits per heavy atom. The molecule has 0 spiro atoms. The summed E-state index contributed by atoms with van der Waals surface area (Å²) in [4.78, 5) is 0. The molecule has 0 fully saturated rings. The monoisotopic (exact) mass is 392 g/mol. The van der Waals surface area contributed by atoms with E-state index in [2.05, 4.69) is 101 Å². The molecule has 2 atom stereocenters. The van der Waals surface area contributed by atoms with Gasteiger partial charge in [0.05, 0.1) is 6.10 Å². The summed E-state index contributed by atoms with van der Waals surface area (Å²) in [6.45, 7) is 13.7. The maximum Gasteiger partial charge on any atom is 0.261 e. The molecule has 0 bridgehead atoms. The molecule has 2 aromatic carbocycles. The predicted molar refractivity (Wildman–Crippen MR) is 121 cm³/mol. The van der Waals surface area contributed by atoms with Crippen LogP contribution >= 0.6 is 0 Å². The molecule has 148 valence electrons. The Kier molecular flexibility index (Phi) is 6.09. The van der Waals surface area contributed by atoms with Crippen molar-refractivity contribution >= 4 is 18.7 Å². The van der Waals surface area contributed by atoms with Gasteiger partial charge < -0.3 is 9.53 Å². The lowest BCUT2D eigenvalue weighted by molar-refractivity contribution is 0.179. The van der Waals surface area contributed by atoms with E-state index in [1.165, 1.54) is 15.9 Å². The van der Waals surface area contributed by atoms with Gasteiger partial charge in [0.2, 0.25) is 0 Å². The van der Waals surface area contributed by atoms with Crippen molar-refractivity contribution in [2.24, 2.45) is 5.92 Å². The van der Waals surface area contributed by atoms with Crippen LogP contribution in [0.2, 0.25) is 5.04 Å². The minimum absolute atomic E-state index is 0.0536. The minimum atomic E-state index is -2.56. The van der Waals surface area contributed by atoms with E-state index in [9.17, 15) is 5.11 Å². The van der Waals surface area contributed by atoms with Gasteiger partial charge in [-0.2, -0.15) is 0 Å². The molecule has 2 nitrogen and oxygen atoms in total. The number of hydrogen-bond donors (Lipinski definition) is 1. The third kappa shape index (κ3) is 3.79. The zero-order valence-electron chi connectivity index (χ0n) is 17.5. The second kappa shape index (κ2) is 8.20. The molecule has 0 saturated carbocycles. The molecule has 0 amide bonds. The van der Waals surface area contributed by atoms with Gasteiger partial charge in [-0.1, -0.05) is 99.7 Å². The van der Waals surface area contributed by atoms with E-state index in [4.69, 9.17) is 4.43 Å². The maximum atomic E-state index is 10.3. The molecule has 0 saturated heterocycles. The average Bonchev–Trinajstić information content (AvgIpc) is 2.68. The Bertz CT molecular complexity index is 794. The quantitative estimate of drug-likeness (QED) is 0.602. The fraction of sp³-hybridized carbons (Fsp3) is 0.360. The fourth-order valence-corrected chi connectivity index (χ4v) is 8.90. The Balaban J connectivity index is 2.08. The molecular weight excluding hydrogens is 360 g/mol. The fourth-order valence-electron chi connectivity index (χ4n) is 4.32. The van der Waals surface area contributed by atoms with Crippen molar-refractivity contribution in [2.75, 3.05) is 6.61 Å². The Morgan fingerprint density at radius 3 is 1.96 bits per heavy atom. The van der Waals surface area contributed by atoms with Gasteiger partial charge in [0.25, 0.3) is 8.32 Å². The first-order valence-corrected chi connectivity index (χ1v) is 12.0. The first-order chi connectivity index (χ1) is 13.3. The molecule has 1 aliphatic carbocycles. The molecule has 3 rings (SSSR count). The summed E-state index contributed by atoms with van der Waals surface area (Å²) in [6.07, 6.45) is 2.30. The van der Waals surface area contributed by atoms with Crippen LogP contribution in [-0.2, 0) is 4.43 Å². The van der Waals surface area contributed by atoms with Crippen molar-refractivity contribution in [1.82, 2.24) is 0 Å². The standard InChI is InChI=1S/C25H32O2Si/c1-19-16-17-24(26)20(2)23(19)18-27-28(25(3,4)5,21-12-8-6-9-13-21)22-14-10-7-11-15-22/h6-16,23-24,26H,2,17-18H2,1,3-5H3/t23-,24-/m0/s1. The van der Waals surface area contributed by atoms with E-state index in [0.717, 1.165) is 5.57 Å². The van der Waals surface area contributed by atoms with Crippen molar-refractivity contribution in [1.29, 1.82) is 0 Å². The van der Waals surface area contributed by atoms with Crippen molar-refractivity contribution in [2.45, 2.75) is 45.3 Å². The topological polar surface area (TPSA) is 29.5 Å². The number of benzene rings is 2. The van der Waals surface area contributed by atoms with Crippen molar-refractivity contribution in [3.05, 3.63) is 84.5 Å². The minimum Gasteiger partial charge on any atom is -0.406 e. The van der Waals surface area contributed by atoms with E-state index in [-0.39, 0.29) is 11.0 Å². The number of aliphatic hydroxyl groups is 1. The first kappa shape index (κ1) is 20.8. The van der Waals surface area contributed by atoms with Gasteiger partial charge >= 0.3 is 0 Å². The summed E-state index contributed by atoms with van der Waals surface area (Å²) >= 11 is 0. The van der Waals surface area contributed by atoms with Crippen molar-refractivity contribution in [3.8, 4) is 0 Å². The van der Waals surface area contributed by atoms with Gasteiger partial charge in [0, 0.05) is 12.5 Å². The van der Waals surface area contributed by atoms with Crippen LogP contribution in [-0.4, -0.2) is 26.1 Å².